The zero-order valence-electron chi connectivity index (χ0n) is 12.9. The molecule has 0 aliphatic heterocycles. The van der Waals surface area contributed by atoms with E-state index in [0.717, 1.165) is 11.3 Å². The lowest BCUT2D eigenvalue weighted by Crippen LogP contribution is -2.35. The van der Waals surface area contributed by atoms with Gasteiger partial charge in [0.05, 0.1) is 6.21 Å². The molecule has 2 aromatic rings. The average molecular weight is 313 g/mol. The fraction of sp³-hybridized carbons (Fsp3) is 0.176. The number of para-hydroxylation sites is 1. The number of phenolic OH excluding ortho intramolecular Hbond substituents is 2. The highest BCUT2D eigenvalue weighted by molar-refractivity contribution is 5.87. The number of hydrogen-bond acceptors (Lipinski definition) is 5. The Morgan fingerprint density at radius 1 is 1.22 bits per heavy atom. The van der Waals surface area contributed by atoms with Crippen LogP contribution in [0.4, 0.5) is 5.69 Å². The number of carbonyl (C=O) groups is 1. The molecule has 1 atom stereocenters. The third-order valence-corrected chi connectivity index (χ3v) is 3.30. The first-order valence-corrected chi connectivity index (χ1v) is 7.14. The van der Waals surface area contributed by atoms with E-state index in [1.54, 1.807) is 6.92 Å². The minimum Gasteiger partial charge on any atom is -0.508 e. The first kappa shape index (κ1) is 16.4. The van der Waals surface area contributed by atoms with Crippen molar-refractivity contribution in [3.05, 3.63) is 53.6 Å². The molecule has 0 unspecified atom stereocenters. The molecule has 0 aliphatic rings. The summed E-state index contributed by atoms with van der Waals surface area (Å²) in [5.74, 6) is -0.461. The van der Waals surface area contributed by atoms with Crippen molar-refractivity contribution in [2.75, 3.05) is 5.32 Å². The Balaban J connectivity index is 1.93. The van der Waals surface area contributed by atoms with Gasteiger partial charge in [-0.25, -0.2) is 5.43 Å². The molecule has 0 heterocycles. The first-order chi connectivity index (χ1) is 11.0. The summed E-state index contributed by atoms with van der Waals surface area (Å²) in [6, 6.07) is 11.3. The topological polar surface area (TPSA) is 94.0 Å². The van der Waals surface area contributed by atoms with E-state index in [1.165, 1.54) is 24.4 Å². The summed E-state index contributed by atoms with van der Waals surface area (Å²) in [5.41, 5.74) is 4.73. The van der Waals surface area contributed by atoms with Gasteiger partial charge in [-0.3, -0.25) is 4.79 Å². The SMILES string of the molecule is Cc1ccccc1N[C@H](C)C(=O)N/N=C\c1ccc(O)cc1O. The maximum atomic E-state index is 12.0. The van der Waals surface area contributed by atoms with Crippen LogP contribution in [-0.4, -0.2) is 28.4 Å². The molecule has 120 valence electrons. The van der Waals surface area contributed by atoms with Gasteiger partial charge in [0.15, 0.2) is 0 Å². The zero-order valence-corrected chi connectivity index (χ0v) is 12.9. The molecule has 0 saturated carbocycles. The van der Waals surface area contributed by atoms with Crippen molar-refractivity contribution in [1.29, 1.82) is 0 Å². The zero-order chi connectivity index (χ0) is 16.8. The Morgan fingerprint density at radius 3 is 2.65 bits per heavy atom. The highest BCUT2D eigenvalue weighted by Gasteiger charge is 2.12. The lowest BCUT2D eigenvalue weighted by Gasteiger charge is -2.15. The molecular formula is C17H19N3O3. The Labute approximate surface area is 134 Å². The molecule has 0 aliphatic carbocycles. The van der Waals surface area contributed by atoms with Crippen LogP contribution in [0.3, 0.4) is 0 Å². The van der Waals surface area contributed by atoms with Crippen molar-refractivity contribution in [2.24, 2.45) is 5.10 Å². The number of benzene rings is 2. The molecule has 4 N–H and O–H groups in total. The predicted molar refractivity (Wildman–Crippen MR) is 89.8 cm³/mol. The number of aromatic hydroxyl groups is 2. The van der Waals surface area contributed by atoms with E-state index < -0.39 is 6.04 Å². The van der Waals surface area contributed by atoms with Crippen LogP contribution in [-0.2, 0) is 4.79 Å². The molecule has 2 aromatic carbocycles. The summed E-state index contributed by atoms with van der Waals surface area (Å²) >= 11 is 0. The van der Waals surface area contributed by atoms with E-state index in [4.69, 9.17) is 0 Å². The van der Waals surface area contributed by atoms with Crippen molar-refractivity contribution in [3.63, 3.8) is 0 Å². The van der Waals surface area contributed by atoms with E-state index in [2.05, 4.69) is 15.8 Å². The monoisotopic (exact) mass is 313 g/mol. The van der Waals surface area contributed by atoms with Crippen LogP contribution in [0.5, 0.6) is 11.5 Å². The molecule has 2 rings (SSSR count). The van der Waals surface area contributed by atoms with E-state index in [9.17, 15) is 15.0 Å². The van der Waals surface area contributed by atoms with Crippen LogP contribution in [0.1, 0.15) is 18.1 Å². The van der Waals surface area contributed by atoms with Gasteiger partial charge < -0.3 is 15.5 Å². The Kier molecular flexibility index (Phi) is 5.19. The fourth-order valence-corrected chi connectivity index (χ4v) is 1.94. The quantitative estimate of drug-likeness (QED) is 0.503. The Morgan fingerprint density at radius 2 is 1.96 bits per heavy atom. The van der Waals surface area contributed by atoms with Crippen LogP contribution in [0.25, 0.3) is 0 Å². The summed E-state index contributed by atoms with van der Waals surface area (Å²) < 4.78 is 0. The van der Waals surface area contributed by atoms with Crippen molar-refractivity contribution in [2.45, 2.75) is 19.9 Å². The lowest BCUT2D eigenvalue weighted by atomic mass is 10.2. The van der Waals surface area contributed by atoms with Gasteiger partial charge in [0, 0.05) is 17.3 Å². The van der Waals surface area contributed by atoms with Gasteiger partial charge in [0.25, 0.3) is 5.91 Å². The molecule has 0 fully saturated rings. The Bertz CT molecular complexity index is 729. The van der Waals surface area contributed by atoms with E-state index in [0.29, 0.717) is 5.56 Å². The molecule has 0 spiro atoms. The molecule has 0 aromatic heterocycles. The van der Waals surface area contributed by atoms with E-state index in [-0.39, 0.29) is 17.4 Å². The number of hydrazone groups is 1. The average Bonchev–Trinajstić information content (AvgIpc) is 2.51. The Hall–Kier alpha value is -3.02. The largest absolute Gasteiger partial charge is 0.508 e. The van der Waals surface area contributed by atoms with Gasteiger partial charge in [-0.1, -0.05) is 18.2 Å². The second-order valence-electron chi connectivity index (χ2n) is 5.16. The third-order valence-electron chi connectivity index (χ3n) is 3.30. The van der Waals surface area contributed by atoms with Crippen molar-refractivity contribution in [1.82, 2.24) is 5.43 Å². The van der Waals surface area contributed by atoms with Gasteiger partial charge in [0.1, 0.15) is 17.5 Å². The number of rotatable bonds is 5. The highest BCUT2D eigenvalue weighted by Crippen LogP contribution is 2.20. The van der Waals surface area contributed by atoms with Gasteiger partial charge >= 0.3 is 0 Å². The molecular weight excluding hydrogens is 294 g/mol. The molecule has 0 bridgehead atoms. The number of amides is 1. The van der Waals surface area contributed by atoms with Crippen molar-refractivity contribution >= 4 is 17.8 Å². The second kappa shape index (κ2) is 7.31. The van der Waals surface area contributed by atoms with Crippen molar-refractivity contribution < 1.29 is 15.0 Å². The number of nitrogens with one attached hydrogen (secondary N) is 2. The van der Waals surface area contributed by atoms with Crippen molar-refractivity contribution in [3.8, 4) is 11.5 Å². The lowest BCUT2D eigenvalue weighted by molar-refractivity contribution is -0.121. The maximum Gasteiger partial charge on any atom is 0.262 e. The molecule has 1 amide bonds. The highest BCUT2D eigenvalue weighted by atomic mass is 16.3. The maximum absolute atomic E-state index is 12.0. The van der Waals surface area contributed by atoms with E-state index >= 15 is 0 Å². The first-order valence-electron chi connectivity index (χ1n) is 7.14. The van der Waals surface area contributed by atoms with Gasteiger partial charge in [-0.2, -0.15) is 5.10 Å². The second-order valence-corrected chi connectivity index (χ2v) is 5.16. The summed E-state index contributed by atoms with van der Waals surface area (Å²) in [6.07, 6.45) is 1.31. The molecule has 23 heavy (non-hydrogen) atoms. The van der Waals surface area contributed by atoms with Gasteiger partial charge in [-0.15, -0.1) is 0 Å². The number of nitrogens with zero attached hydrogens (tertiary/aromatic N) is 1. The van der Waals surface area contributed by atoms with Crippen LogP contribution < -0.4 is 10.7 Å². The fourth-order valence-electron chi connectivity index (χ4n) is 1.94. The third kappa shape index (κ3) is 4.47. The normalized spacial score (nSPS) is 12.1. The number of aryl methyl sites for hydroxylation is 1. The van der Waals surface area contributed by atoms with Gasteiger partial charge in [-0.05, 0) is 37.6 Å². The minimum atomic E-state index is -0.471. The minimum absolute atomic E-state index is 0.0419. The number of phenols is 2. The van der Waals surface area contributed by atoms with Crippen LogP contribution >= 0.6 is 0 Å². The smallest absolute Gasteiger partial charge is 0.262 e. The van der Waals surface area contributed by atoms with Crippen LogP contribution in [0.15, 0.2) is 47.6 Å². The molecule has 6 heteroatoms. The predicted octanol–water partition coefficient (Wildman–Crippen LogP) is 2.36. The molecule has 0 saturated heterocycles. The molecule has 0 radical (unpaired) electrons. The standard InChI is InChI=1S/C17H19N3O3/c1-11-5-3-4-6-15(11)19-12(2)17(23)20-18-10-13-7-8-14(21)9-16(13)22/h3-10,12,19,21-22H,1-2H3,(H,20,23)/b18-10-/t12-/m1/s1. The summed E-state index contributed by atoms with van der Waals surface area (Å²) in [4.78, 5) is 12.0. The number of hydrogen-bond donors (Lipinski definition) is 4. The number of anilines is 1. The summed E-state index contributed by atoms with van der Waals surface area (Å²) in [7, 11) is 0. The number of carbonyl (C=O) groups excluding carboxylic acids is 1. The van der Waals surface area contributed by atoms with Crippen LogP contribution in [0, 0.1) is 6.92 Å². The van der Waals surface area contributed by atoms with Crippen LogP contribution in [0.2, 0.25) is 0 Å². The molecule has 6 nitrogen and oxygen atoms in total. The summed E-state index contributed by atoms with van der Waals surface area (Å²) in [6.45, 7) is 3.69. The van der Waals surface area contributed by atoms with E-state index in [1.807, 2.05) is 31.2 Å². The van der Waals surface area contributed by atoms with Gasteiger partial charge in [0.2, 0.25) is 0 Å². The summed E-state index contributed by atoms with van der Waals surface area (Å²) in [5, 5.41) is 25.7.